The van der Waals surface area contributed by atoms with Crippen LogP contribution in [-0.2, 0) is 9.53 Å². The number of rotatable bonds is 5. The van der Waals surface area contributed by atoms with Gasteiger partial charge in [-0.25, -0.2) is 0 Å². The van der Waals surface area contributed by atoms with Gasteiger partial charge in [0, 0.05) is 12.1 Å². The number of carbonyl (C=O) groups is 1. The van der Waals surface area contributed by atoms with Gasteiger partial charge in [-0.1, -0.05) is 0 Å². The summed E-state index contributed by atoms with van der Waals surface area (Å²) in [7, 11) is 3.30. The van der Waals surface area contributed by atoms with Gasteiger partial charge in [0.1, 0.15) is 0 Å². The molecule has 4 heteroatoms. The third-order valence-electron chi connectivity index (χ3n) is 2.47. The molecule has 0 aliphatic heterocycles. The summed E-state index contributed by atoms with van der Waals surface area (Å²) in [4.78, 5) is 13.0. The second kappa shape index (κ2) is 6.39. The quantitative estimate of drug-likeness (QED) is 0.622. The lowest BCUT2D eigenvalue weighted by Gasteiger charge is -2.28. The molecule has 2 atom stereocenters. The van der Waals surface area contributed by atoms with Crippen molar-refractivity contribution in [2.45, 2.75) is 38.8 Å². The highest BCUT2D eigenvalue weighted by atomic mass is 16.5. The summed E-state index contributed by atoms with van der Waals surface area (Å²) in [6.07, 6.45) is 0.838. The van der Waals surface area contributed by atoms with Gasteiger partial charge in [-0.2, -0.15) is 5.26 Å². The lowest BCUT2D eigenvalue weighted by atomic mass is 10.1. The van der Waals surface area contributed by atoms with E-state index in [0.717, 1.165) is 0 Å². The first-order valence-electron chi connectivity index (χ1n) is 4.68. The Morgan fingerprint density at radius 3 is 2.50 bits per heavy atom. The first-order valence-corrected chi connectivity index (χ1v) is 4.68. The molecule has 0 aromatic rings. The van der Waals surface area contributed by atoms with E-state index in [9.17, 15) is 4.79 Å². The number of carbonyl (C=O) groups excluding carboxylic acids is 1. The van der Waals surface area contributed by atoms with Crippen LogP contribution in [0.15, 0.2) is 0 Å². The SMILES string of the molecule is COC(=O)CC(C)N(C)C(C)CC#N. The average molecular weight is 198 g/mol. The number of ether oxygens (including phenoxy) is 1. The van der Waals surface area contributed by atoms with E-state index in [-0.39, 0.29) is 18.1 Å². The molecule has 0 aromatic carbocycles. The molecule has 80 valence electrons. The van der Waals surface area contributed by atoms with Crippen molar-refractivity contribution in [2.24, 2.45) is 0 Å². The van der Waals surface area contributed by atoms with E-state index in [0.29, 0.717) is 12.8 Å². The van der Waals surface area contributed by atoms with E-state index < -0.39 is 0 Å². The van der Waals surface area contributed by atoms with Crippen molar-refractivity contribution in [1.82, 2.24) is 4.90 Å². The zero-order valence-corrected chi connectivity index (χ0v) is 9.28. The maximum absolute atomic E-state index is 11.0. The molecule has 0 rings (SSSR count). The molecule has 0 saturated heterocycles. The Labute approximate surface area is 85.5 Å². The molecule has 0 radical (unpaired) electrons. The number of esters is 1. The maximum atomic E-state index is 11.0. The molecule has 0 aliphatic carbocycles. The van der Waals surface area contributed by atoms with Crippen molar-refractivity contribution in [3.05, 3.63) is 0 Å². The van der Waals surface area contributed by atoms with Crippen molar-refractivity contribution < 1.29 is 9.53 Å². The first kappa shape index (κ1) is 12.9. The molecule has 0 fully saturated rings. The molecule has 0 spiro atoms. The highest BCUT2D eigenvalue weighted by Crippen LogP contribution is 2.08. The van der Waals surface area contributed by atoms with Crippen molar-refractivity contribution in [3.63, 3.8) is 0 Å². The van der Waals surface area contributed by atoms with Gasteiger partial charge in [0.25, 0.3) is 0 Å². The minimum absolute atomic E-state index is 0.103. The van der Waals surface area contributed by atoms with Gasteiger partial charge in [-0.3, -0.25) is 9.69 Å². The Morgan fingerprint density at radius 2 is 2.07 bits per heavy atom. The molecule has 2 unspecified atom stereocenters. The second-order valence-electron chi connectivity index (χ2n) is 3.51. The molecular formula is C10H18N2O2. The van der Waals surface area contributed by atoms with Crippen LogP contribution in [0.4, 0.5) is 0 Å². The number of hydrogen-bond donors (Lipinski definition) is 0. The third-order valence-corrected chi connectivity index (χ3v) is 2.47. The van der Waals surface area contributed by atoms with Crippen LogP contribution in [0.1, 0.15) is 26.7 Å². The number of methoxy groups -OCH3 is 1. The van der Waals surface area contributed by atoms with Gasteiger partial charge in [0.05, 0.1) is 26.0 Å². The van der Waals surface area contributed by atoms with E-state index in [2.05, 4.69) is 10.8 Å². The smallest absolute Gasteiger partial charge is 0.307 e. The van der Waals surface area contributed by atoms with E-state index in [1.54, 1.807) is 0 Å². The van der Waals surface area contributed by atoms with Crippen LogP contribution >= 0.6 is 0 Å². The minimum atomic E-state index is -0.214. The summed E-state index contributed by atoms with van der Waals surface area (Å²) in [6, 6.07) is 2.38. The Hall–Kier alpha value is -1.08. The van der Waals surface area contributed by atoms with Crippen LogP contribution in [0.2, 0.25) is 0 Å². The predicted molar refractivity (Wildman–Crippen MR) is 53.6 cm³/mol. The highest BCUT2D eigenvalue weighted by Gasteiger charge is 2.18. The van der Waals surface area contributed by atoms with Crippen LogP contribution in [0.3, 0.4) is 0 Å². The molecule has 0 aliphatic rings. The fourth-order valence-corrected chi connectivity index (χ4v) is 1.18. The summed E-state index contributed by atoms with van der Waals surface area (Å²) in [5.41, 5.74) is 0. The number of nitriles is 1. The fourth-order valence-electron chi connectivity index (χ4n) is 1.18. The van der Waals surface area contributed by atoms with E-state index in [1.165, 1.54) is 7.11 Å². The number of nitrogens with zero attached hydrogens (tertiary/aromatic N) is 2. The summed E-state index contributed by atoms with van der Waals surface area (Å²) in [5.74, 6) is -0.214. The van der Waals surface area contributed by atoms with Crippen LogP contribution in [0, 0.1) is 11.3 Å². The first-order chi connectivity index (χ1) is 6.52. The Balaban J connectivity index is 4.05. The van der Waals surface area contributed by atoms with Gasteiger partial charge in [0.2, 0.25) is 0 Å². The monoisotopic (exact) mass is 198 g/mol. The van der Waals surface area contributed by atoms with E-state index in [1.807, 2.05) is 25.8 Å². The summed E-state index contributed by atoms with van der Waals surface area (Å²) < 4.78 is 4.58. The predicted octanol–water partition coefficient (Wildman–Crippen LogP) is 1.17. The van der Waals surface area contributed by atoms with Crippen LogP contribution in [0.5, 0.6) is 0 Å². The molecule has 14 heavy (non-hydrogen) atoms. The Kier molecular flexibility index (Phi) is 5.89. The molecule has 0 amide bonds. The van der Waals surface area contributed by atoms with Crippen molar-refractivity contribution in [2.75, 3.05) is 14.2 Å². The molecule has 0 bridgehead atoms. The van der Waals surface area contributed by atoms with Crippen LogP contribution in [-0.4, -0.2) is 37.1 Å². The molecule has 4 nitrogen and oxygen atoms in total. The van der Waals surface area contributed by atoms with E-state index in [4.69, 9.17) is 5.26 Å². The minimum Gasteiger partial charge on any atom is -0.469 e. The topological polar surface area (TPSA) is 53.3 Å². The average Bonchev–Trinajstić information content (AvgIpc) is 2.16. The fraction of sp³-hybridized carbons (Fsp3) is 0.800. The standard InChI is InChI=1S/C10H18N2O2/c1-8(5-6-11)12(3)9(2)7-10(13)14-4/h8-9H,5,7H2,1-4H3. The lowest BCUT2D eigenvalue weighted by molar-refractivity contribution is -0.141. The Morgan fingerprint density at radius 1 is 1.50 bits per heavy atom. The third kappa shape index (κ3) is 4.24. The molecule has 0 saturated carbocycles. The van der Waals surface area contributed by atoms with Gasteiger partial charge in [-0.15, -0.1) is 0 Å². The Bertz CT molecular complexity index is 223. The molecule has 0 N–H and O–H groups in total. The van der Waals surface area contributed by atoms with Gasteiger partial charge in [0.15, 0.2) is 0 Å². The van der Waals surface area contributed by atoms with Crippen LogP contribution in [0.25, 0.3) is 0 Å². The lowest BCUT2D eigenvalue weighted by Crippen LogP contribution is -2.38. The zero-order chi connectivity index (χ0) is 11.1. The zero-order valence-electron chi connectivity index (χ0n) is 9.28. The van der Waals surface area contributed by atoms with E-state index >= 15 is 0 Å². The van der Waals surface area contributed by atoms with Crippen molar-refractivity contribution in [1.29, 1.82) is 5.26 Å². The van der Waals surface area contributed by atoms with Crippen molar-refractivity contribution >= 4 is 5.97 Å². The van der Waals surface area contributed by atoms with Gasteiger partial charge in [-0.05, 0) is 20.9 Å². The number of hydrogen-bond acceptors (Lipinski definition) is 4. The maximum Gasteiger partial charge on any atom is 0.307 e. The van der Waals surface area contributed by atoms with Crippen LogP contribution < -0.4 is 0 Å². The summed E-state index contributed by atoms with van der Waals surface area (Å²) in [6.45, 7) is 3.92. The molecule has 0 aromatic heterocycles. The normalized spacial score (nSPS) is 14.6. The highest BCUT2D eigenvalue weighted by molar-refractivity contribution is 5.69. The van der Waals surface area contributed by atoms with Gasteiger partial charge < -0.3 is 4.74 Å². The molecule has 0 heterocycles. The summed E-state index contributed by atoms with van der Waals surface area (Å²) >= 11 is 0. The van der Waals surface area contributed by atoms with Gasteiger partial charge >= 0.3 is 5.97 Å². The summed E-state index contributed by atoms with van der Waals surface area (Å²) in [5, 5.41) is 8.53. The molecular weight excluding hydrogens is 180 g/mol. The second-order valence-corrected chi connectivity index (χ2v) is 3.51. The largest absolute Gasteiger partial charge is 0.469 e. The van der Waals surface area contributed by atoms with Crippen molar-refractivity contribution in [3.8, 4) is 6.07 Å².